The Hall–Kier alpha value is -3.09. The van der Waals surface area contributed by atoms with E-state index in [4.69, 9.17) is 0 Å². The van der Waals surface area contributed by atoms with Crippen LogP contribution in [0.5, 0.6) is 0 Å². The number of benzene rings is 1. The minimum absolute atomic E-state index is 0.227. The second-order valence-electron chi connectivity index (χ2n) is 5.14. The van der Waals surface area contributed by atoms with Crippen LogP contribution in [-0.2, 0) is 13.0 Å². The quantitative estimate of drug-likeness (QED) is 0.696. The molecule has 3 aromatic rings. The van der Waals surface area contributed by atoms with Gasteiger partial charge in [0.15, 0.2) is 5.82 Å². The Labute approximate surface area is 139 Å². The number of hydrogen-bond acceptors (Lipinski definition) is 6. The zero-order valence-corrected chi connectivity index (χ0v) is 13.0. The van der Waals surface area contributed by atoms with Crippen molar-refractivity contribution in [2.24, 2.45) is 0 Å². The molecule has 6 nitrogen and oxygen atoms in total. The van der Waals surface area contributed by atoms with Gasteiger partial charge in [0, 0.05) is 12.7 Å². The van der Waals surface area contributed by atoms with E-state index in [1.807, 2.05) is 18.2 Å². The van der Waals surface area contributed by atoms with Crippen molar-refractivity contribution < 1.29 is 4.39 Å². The van der Waals surface area contributed by atoms with E-state index in [2.05, 4.69) is 30.8 Å². The van der Waals surface area contributed by atoms with Crippen molar-refractivity contribution in [2.75, 3.05) is 17.2 Å². The SMILES string of the molecule is Fc1ccc(CCNc2cnnc(NCc3ccccn3)n2)cc1. The van der Waals surface area contributed by atoms with Gasteiger partial charge in [-0.2, -0.15) is 10.1 Å². The fourth-order valence-electron chi connectivity index (χ4n) is 2.12. The van der Waals surface area contributed by atoms with Crippen LogP contribution in [0.25, 0.3) is 0 Å². The smallest absolute Gasteiger partial charge is 0.245 e. The molecule has 0 spiro atoms. The molecule has 122 valence electrons. The van der Waals surface area contributed by atoms with Gasteiger partial charge in [-0.25, -0.2) is 4.39 Å². The van der Waals surface area contributed by atoms with Crippen LogP contribution in [-0.4, -0.2) is 26.7 Å². The lowest BCUT2D eigenvalue weighted by Gasteiger charge is -2.07. The molecule has 0 atom stereocenters. The molecule has 0 aliphatic rings. The summed E-state index contributed by atoms with van der Waals surface area (Å²) in [6.07, 6.45) is 4.07. The van der Waals surface area contributed by atoms with Crippen LogP contribution in [0, 0.1) is 5.82 Å². The summed E-state index contributed by atoms with van der Waals surface area (Å²) in [5, 5.41) is 14.1. The van der Waals surface area contributed by atoms with E-state index in [1.54, 1.807) is 24.5 Å². The normalized spacial score (nSPS) is 10.4. The predicted octanol–water partition coefficient (Wildman–Crippen LogP) is 2.67. The van der Waals surface area contributed by atoms with Crippen LogP contribution in [0.15, 0.2) is 54.9 Å². The first-order valence-corrected chi connectivity index (χ1v) is 7.61. The molecule has 1 aromatic carbocycles. The van der Waals surface area contributed by atoms with Crippen molar-refractivity contribution in [1.29, 1.82) is 0 Å². The molecule has 0 aliphatic heterocycles. The van der Waals surface area contributed by atoms with Crippen molar-refractivity contribution in [3.05, 3.63) is 71.9 Å². The summed E-state index contributed by atoms with van der Waals surface area (Å²) in [6, 6.07) is 12.2. The number of aromatic nitrogens is 4. The Morgan fingerprint density at radius 3 is 2.67 bits per heavy atom. The summed E-state index contributed by atoms with van der Waals surface area (Å²) in [7, 11) is 0. The Kier molecular flexibility index (Phi) is 5.24. The van der Waals surface area contributed by atoms with E-state index < -0.39 is 0 Å². The van der Waals surface area contributed by atoms with Gasteiger partial charge >= 0.3 is 0 Å². The van der Waals surface area contributed by atoms with Crippen molar-refractivity contribution in [2.45, 2.75) is 13.0 Å². The van der Waals surface area contributed by atoms with Crippen LogP contribution in [0.1, 0.15) is 11.3 Å². The van der Waals surface area contributed by atoms with Crippen LogP contribution in [0.2, 0.25) is 0 Å². The maximum atomic E-state index is 12.9. The first-order valence-electron chi connectivity index (χ1n) is 7.61. The average Bonchev–Trinajstić information content (AvgIpc) is 2.63. The number of anilines is 2. The van der Waals surface area contributed by atoms with E-state index in [1.165, 1.54) is 12.1 Å². The Bertz CT molecular complexity index is 764. The fourth-order valence-corrected chi connectivity index (χ4v) is 2.12. The molecule has 2 aromatic heterocycles. The summed E-state index contributed by atoms with van der Waals surface area (Å²) in [6.45, 7) is 1.20. The molecule has 24 heavy (non-hydrogen) atoms. The van der Waals surface area contributed by atoms with E-state index >= 15 is 0 Å². The number of nitrogens with one attached hydrogen (secondary N) is 2. The molecule has 0 unspecified atom stereocenters. The minimum atomic E-state index is -0.227. The second kappa shape index (κ2) is 7.96. The maximum Gasteiger partial charge on any atom is 0.245 e. The van der Waals surface area contributed by atoms with Crippen molar-refractivity contribution in [3.63, 3.8) is 0 Å². The lowest BCUT2D eigenvalue weighted by molar-refractivity contribution is 0.627. The van der Waals surface area contributed by atoms with Crippen LogP contribution >= 0.6 is 0 Å². The van der Waals surface area contributed by atoms with Crippen LogP contribution in [0.4, 0.5) is 16.2 Å². The van der Waals surface area contributed by atoms with E-state index in [9.17, 15) is 4.39 Å². The highest BCUT2D eigenvalue weighted by Crippen LogP contribution is 2.07. The van der Waals surface area contributed by atoms with Gasteiger partial charge in [0.2, 0.25) is 5.95 Å². The van der Waals surface area contributed by atoms with Gasteiger partial charge < -0.3 is 10.6 Å². The Morgan fingerprint density at radius 1 is 1.00 bits per heavy atom. The molecule has 0 aliphatic carbocycles. The molecular formula is C17H17FN6. The van der Waals surface area contributed by atoms with Gasteiger partial charge in [-0.3, -0.25) is 4.98 Å². The highest BCUT2D eigenvalue weighted by molar-refractivity contribution is 5.37. The summed E-state index contributed by atoms with van der Waals surface area (Å²) in [5.41, 5.74) is 1.95. The molecule has 0 fully saturated rings. The monoisotopic (exact) mass is 324 g/mol. The number of rotatable bonds is 7. The number of nitrogens with zero attached hydrogens (tertiary/aromatic N) is 4. The standard InChI is InChI=1S/C17H17FN6/c18-14-6-4-13(5-7-14)8-10-20-16-12-22-24-17(23-16)21-11-15-3-1-2-9-19-15/h1-7,9,12H,8,10-11H2,(H2,20,21,23,24). The molecule has 0 saturated carbocycles. The summed E-state index contributed by atoms with van der Waals surface area (Å²) < 4.78 is 12.9. The molecular weight excluding hydrogens is 307 g/mol. The Morgan fingerprint density at radius 2 is 1.88 bits per heavy atom. The van der Waals surface area contributed by atoms with Crippen molar-refractivity contribution >= 4 is 11.8 Å². The molecule has 7 heteroatoms. The first kappa shape index (κ1) is 15.8. The van der Waals surface area contributed by atoms with Crippen LogP contribution < -0.4 is 10.6 Å². The molecule has 0 amide bonds. The molecule has 0 bridgehead atoms. The van der Waals surface area contributed by atoms with E-state index in [-0.39, 0.29) is 5.82 Å². The van der Waals surface area contributed by atoms with E-state index in [0.29, 0.717) is 24.9 Å². The topological polar surface area (TPSA) is 75.6 Å². The summed E-state index contributed by atoms with van der Waals surface area (Å²) in [4.78, 5) is 8.57. The first-order chi connectivity index (χ1) is 11.8. The molecule has 0 saturated heterocycles. The van der Waals surface area contributed by atoms with Gasteiger partial charge in [0.05, 0.1) is 18.4 Å². The molecule has 3 rings (SSSR count). The fraction of sp³-hybridized carbons (Fsp3) is 0.176. The predicted molar refractivity (Wildman–Crippen MR) is 90.0 cm³/mol. The van der Waals surface area contributed by atoms with Crippen molar-refractivity contribution in [3.8, 4) is 0 Å². The minimum Gasteiger partial charge on any atom is -0.368 e. The van der Waals surface area contributed by atoms with Gasteiger partial charge in [0.25, 0.3) is 0 Å². The number of halogens is 1. The lowest BCUT2D eigenvalue weighted by Crippen LogP contribution is -2.10. The zero-order valence-electron chi connectivity index (χ0n) is 13.0. The maximum absolute atomic E-state index is 12.9. The van der Waals surface area contributed by atoms with Crippen LogP contribution in [0.3, 0.4) is 0 Å². The molecule has 2 N–H and O–H groups in total. The third kappa shape index (κ3) is 4.70. The van der Waals surface area contributed by atoms with Crippen molar-refractivity contribution in [1.82, 2.24) is 20.2 Å². The Balaban J connectivity index is 1.50. The van der Waals surface area contributed by atoms with Gasteiger partial charge in [-0.05, 0) is 36.2 Å². The number of hydrogen-bond donors (Lipinski definition) is 2. The lowest BCUT2D eigenvalue weighted by atomic mass is 10.1. The molecule has 2 heterocycles. The second-order valence-corrected chi connectivity index (χ2v) is 5.14. The summed E-state index contributed by atoms with van der Waals surface area (Å²) in [5.74, 6) is 0.846. The third-order valence-electron chi connectivity index (χ3n) is 3.35. The van der Waals surface area contributed by atoms with Gasteiger partial charge in [0.1, 0.15) is 5.82 Å². The largest absolute Gasteiger partial charge is 0.368 e. The average molecular weight is 324 g/mol. The summed E-state index contributed by atoms with van der Waals surface area (Å²) >= 11 is 0. The van der Waals surface area contributed by atoms with E-state index in [0.717, 1.165) is 17.7 Å². The highest BCUT2D eigenvalue weighted by atomic mass is 19.1. The van der Waals surface area contributed by atoms with Gasteiger partial charge in [-0.15, -0.1) is 5.10 Å². The number of pyridine rings is 1. The zero-order chi connectivity index (χ0) is 16.6. The van der Waals surface area contributed by atoms with Gasteiger partial charge in [-0.1, -0.05) is 18.2 Å². The third-order valence-corrected chi connectivity index (χ3v) is 3.35. The highest BCUT2D eigenvalue weighted by Gasteiger charge is 2.01. The molecule has 0 radical (unpaired) electrons.